The third-order valence-electron chi connectivity index (χ3n) is 6.92. The van der Waals surface area contributed by atoms with Gasteiger partial charge in [0.05, 0.1) is 17.1 Å². The van der Waals surface area contributed by atoms with E-state index in [1.807, 2.05) is 48.5 Å². The molecule has 0 saturated carbocycles. The SMILES string of the molecule is O=c1c2ccccc2c(Cc2ccccc2Cl)nn1C1CCCN(CCc2ccccc2)CC1. The van der Waals surface area contributed by atoms with Gasteiger partial charge in [-0.1, -0.05) is 78.3 Å². The van der Waals surface area contributed by atoms with E-state index in [0.717, 1.165) is 72.4 Å². The topological polar surface area (TPSA) is 38.1 Å². The summed E-state index contributed by atoms with van der Waals surface area (Å²) < 4.78 is 1.77. The fourth-order valence-electron chi connectivity index (χ4n) is 5.01. The van der Waals surface area contributed by atoms with Crippen molar-refractivity contribution in [1.82, 2.24) is 14.7 Å². The lowest BCUT2D eigenvalue weighted by Crippen LogP contribution is -2.30. The van der Waals surface area contributed by atoms with Gasteiger partial charge in [-0.3, -0.25) is 4.79 Å². The molecular formula is C29H30ClN3O. The molecule has 5 rings (SSSR count). The number of nitrogens with zero attached hydrogens (tertiary/aromatic N) is 3. The van der Waals surface area contributed by atoms with Crippen LogP contribution < -0.4 is 5.56 Å². The summed E-state index contributed by atoms with van der Waals surface area (Å²) in [5.41, 5.74) is 3.33. The monoisotopic (exact) mass is 471 g/mol. The summed E-state index contributed by atoms with van der Waals surface area (Å²) in [7, 11) is 0. The van der Waals surface area contributed by atoms with E-state index in [9.17, 15) is 4.79 Å². The van der Waals surface area contributed by atoms with Gasteiger partial charge in [0.25, 0.3) is 5.56 Å². The van der Waals surface area contributed by atoms with E-state index >= 15 is 0 Å². The van der Waals surface area contributed by atoms with E-state index in [1.54, 1.807) is 4.68 Å². The number of fused-ring (bicyclic) bond motifs is 1. The number of halogens is 1. The van der Waals surface area contributed by atoms with Crippen LogP contribution in [0.4, 0.5) is 0 Å². The highest BCUT2D eigenvalue weighted by Gasteiger charge is 2.22. The van der Waals surface area contributed by atoms with Gasteiger partial charge in [-0.25, -0.2) is 4.68 Å². The predicted molar refractivity (Wildman–Crippen MR) is 140 cm³/mol. The minimum absolute atomic E-state index is 0.0150. The highest BCUT2D eigenvalue weighted by Crippen LogP contribution is 2.25. The van der Waals surface area contributed by atoms with Gasteiger partial charge in [0.1, 0.15) is 0 Å². The Kier molecular flexibility index (Phi) is 7.08. The molecule has 1 aromatic heterocycles. The summed E-state index contributed by atoms with van der Waals surface area (Å²) >= 11 is 6.45. The lowest BCUT2D eigenvalue weighted by Gasteiger charge is -2.21. The molecule has 0 bridgehead atoms. The fourth-order valence-corrected chi connectivity index (χ4v) is 5.22. The van der Waals surface area contributed by atoms with Gasteiger partial charge < -0.3 is 4.90 Å². The van der Waals surface area contributed by atoms with Crippen LogP contribution in [0.25, 0.3) is 10.8 Å². The van der Waals surface area contributed by atoms with Gasteiger partial charge >= 0.3 is 0 Å². The Labute approximate surface area is 205 Å². The highest BCUT2D eigenvalue weighted by atomic mass is 35.5. The van der Waals surface area contributed by atoms with Gasteiger partial charge in [-0.05, 0) is 55.5 Å². The van der Waals surface area contributed by atoms with Crippen molar-refractivity contribution in [2.45, 2.75) is 38.1 Å². The fraction of sp³-hybridized carbons (Fsp3) is 0.310. The number of likely N-dealkylation sites (tertiary alicyclic amines) is 1. The molecule has 1 aliphatic heterocycles. The average molecular weight is 472 g/mol. The predicted octanol–water partition coefficient (Wildman–Crippen LogP) is 5.91. The molecule has 0 radical (unpaired) electrons. The Morgan fingerprint density at radius 1 is 0.853 bits per heavy atom. The van der Waals surface area contributed by atoms with Crippen molar-refractivity contribution >= 4 is 22.4 Å². The minimum atomic E-state index is 0.0150. The van der Waals surface area contributed by atoms with Crippen molar-refractivity contribution in [2.75, 3.05) is 19.6 Å². The Morgan fingerprint density at radius 2 is 1.59 bits per heavy atom. The second-order valence-corrected chi connectivity index (χ2v) is 9.58. The van der Waals surface area contributed by atoms with Crippen molar-refractivity contribution in [2.24, 2.45) is 0 Å². The molecule has 174 valence electrons. The van der Waals surface area contributed by atoms with Crippen LogP contribution in [0.3, 0.4) is 0 Å². The molecule has 4 nitrogen and oxygen atoms in total. The number of aromatic nitrogens is 2. The average Bonchev–Trinajstić information content (AvgIpc) is 3.12. The molecule has 0 N–H and O–H groups in total. The van der Waals surface area contributed by atoms with E-state index in [2.05, 4.69) is 35.2 Å². The molecule has 1 saturated heterocycles. The maximum Gasteiger partial charge on any atom is 0.274 e. The Hall–Kier alpha value is -2.95. The quantitative estimate of drug-likeness (QED) is 0.351. The zero-order valence-electron chi connectivity index (χ0n) is 19.4. The lowest BCUT2D eigenvalue weighted by molar-refractivity contribution is 0.281. The smallest absolute Gasteiger partial charge is 0.274 e. The van der Waals surface area contributed by atoms with E-state index in [-0.39, 0.29) is 11.6 Å². The molecule has 0 spiro atoms. The van der Waals surface area contributed by atoms with Crippen LogP contribution >= 0.6 is 11.6 Å². The number of benzene rings is 3. The maximum absolute atomic E-state index is 13.5. The molecule has 3 aromatic carbocycles. The normalized spacial score (nSPS) is 17.0. The second kappa shape index (κ2) is 10.5. The molecule has 0 aliphatic carbocycles. The zero-order valence-corrected chi connectivity index (χ0v) is 20.1. The van der Waals surface area contributed by atoms with Crippen molar-refractivity contribution in [1.29, 1.82) is 0 Å². The van der Waals surface area contributed by atoms with Crippen LogP contribution in [0.5, 0.6) is 0 Å². The van der Waals surface area contributed by atoms with Crippen molar-refractivity contribution in [3.05, 3.63) is 111 Å². The van der Waals surface area contributed by atoms with Crippen LogP contribution in [-0.4, -0.2) is 34.3 Å². The molecule has 1 fully saturated rings. The van der Waals surface area contributed by atoms with Crippen LogP contribution in [0, 0.1) is 0 Å². The Bertz CT molecular complexity index is 1320. The van der Waals surface area contributed by atoms with Crippen molar-refractivity contribution in [3.63, 3.8) is 0 Å². The number of hydrogen-bond donors (Lipinski definition) is 0. The highest BCUT2D eigenvalue weighted by molar-refractivity contribution is 6.31. The third-order valence-corrected chi connectivity index (χ3v) is 7.29. The second-order valence-electron chi connectivity index (χ2n) is 9.17. The summed E-state index contributed by atoms with van der Waals surface area (Å²) in [5.74, 6) is 0. The van der Waals surface area contributed by atoms with Gasteiger partial charge in [0.15, 0.2) is 0 Å². The molecule has 5 heteroatoms. The van der Waals surface area contributed by atoms with Crippen LogP contribution in [0.1, 0.15) is 42.1 Å². The van der Waals surface area contributed by atoms with E-state index < -0.39 is 0 Å². The largest absolute Gasteiger partial charge is 0.303 e. The first-order valence-corrected chi connectivity index (χ1v) is 12.6. The molecule has 0 amide bonds. The third kappa shape index (κ3) is 5.08. The molecule has 1 unspecified atom stereocenters. The standard InChI is InChI=1S/C29H30ClN3O/c30-27-15-7-4-11-23(27)21-28-25-13-5-6-14-26(25)29(34)33(31-28)24-12-8-18-32(20-17-24)19-16-22-9-2-1-3-10-22/h1-7,9-11,13-15,24H,8,12,16-21H2. The zero-order chi connectivity index (χ0) is 23.3. The van der Waals surface area contributed by atoms with E-state index in [1.165, 1.54) is 5.56 Å². The maximum atomic E-state index is 13.5. The van der Waals surface area contributed by atoms with Crippen LogP contribution in [-0.2, 0) is 12.8 Å². The van der Waals surface area contributed by atoms with E-state index in [4.69, 9.17) is 16.7 Å². The lowest BCUT2D eigenvalue weighted by atomic mass is 10.0. The first-order valence-electron chi connectivity index (χ1n) is 12.2. The number of rotatable bonds is 6. The van der Waals surface area contributed by atoms with Gasteiger partial charge in [0.2, 0.25) is 0 Å². The van der Waals surface area contributed by atoms with E-state index in [0.29, 0.717) is 6.42 Å². The molecular weight excluding hydrogens is 442 g/mol. The minimum Gasteiger partial charge on any atom is -0.303 e. The van der Waals surface area contributed by atoms with Crippen LogP contribution in [0.2, 0.25) is 5.02 Å². The summed E-state index contributed by atoms with van der Waals surface area (Å²) in [6.07, 6.45) is 4.64. The van der Waals surface area contributed by atoms with Crippen LogP contribution in [0.15, 0.2) is 83.7 Å². The molecule has 4 aromatic rings. The first-order chi connectivity index (χ1) is 16.7. The van der Waals surface area contributed by atoms with Crippen molar-refractivity contribution < 1.29 is 0 Å². The molecule has 1 aliphatic rings. The molecule has 2 heterocycles. The van der Waals surface area contributed by atoms with Gasteiger partial charge in [-0.15, -0.1) is 0 Å². The van der Waals surface area contributed by atoms with Crippen molar-refractivity contribution in [3.8, 4) is 0 Å². The van der Waals surface area contributed by atoms with Gasteiger partial charge in [-0.2, -0.15) is 5.10 Å². The van der Waals surface area contributed by atoms with Gasteiger partial charge in [0, 0.05) is 29.9 Å². The molecule has 1 atom stereocenters. The first kappa shape index (κ1) is 22.8. The summed E-state index contributed by atoms with van der Waals surface area (Å²) in [6.45, 7) is 3.10. The molecule has 34 heavy (non-hydrogen) atoms. The summed E-state index contributed by atoms with van der Waals surface area (Å²) in [6, 6.07) is 26.5. The Balaban J connectivity index is 1.39. The summed E-state index contributed by atoms with van der Waals surface area (Å²) in [4.78, 5) is 16.0. The summed E-state index contributed by atoms with van der Waals surface area (Å²) in [5, 5.41) is 7.34. The Morgan fingerprint density at radius 3 is 2.41 bits per heavy atom. The number of hydrogen-bond acceptors (Lipinski definition) is 3.